The fraction of sp³-hybridized carbons (Fsp3) is 0.679. The number of phosphoric acid groups is 1. The van der Waals surface area contributed by atoms with Crippen molar-refractivity contribution >= 4 is 65.8 Å². The number of hydrogen-bond donors (Lipinski definition) is 0. The summed E-state index contributed by atoms with van der Waals surface area (Å²) in [5.41, 5.74) is 3.15. The molecule has 12 bridgehead atoms. The third kappa shape index (κ3) is 7.53. The van der Waals surface area contributed by atoms with Crippen molar-refractivity contribution in [2.75, 3.05) is 21.3 Å². The molecule has 15 fully saturated rings. The molecule has 7 unspecified atom stereocenters. The van der Waals surface area contributed by atoms with E-state index in [4.69, 9.17) is 102 Å². The van der Waals surface area contributed by atoms with Crippen molar-refractivity contribution in [2.24, 2.45) is 59.2 Å². The van der Waals surface area contributed by atoms with E-state index < -0.39 is 36.4 Å². The summed E-state index contributed by atoms with van der Waals surface area (Å²) in [5, 5.41) is 1.53. The van der Waals surface area contributed by atoms with Crippen molar-refractivity contribution in [2.45, 2.75) is 154 Å². The molecule has 19 heteroatoms. The zero-order chi connectivity index (χ0) is 52.5. The largest absolute Gasteiger partial charge is 0.780 e. The zero-order valence-electron chi connectivity index (χ0n) is 42.7. The highest BCUT2D eigenvalue weighted by Gasteiger charge is 2.80. The van der Waals surface area contributed by atoms with Crippen LogP contribution in [0.3, 0.4) is 0 Å². The normalized spacial score (nSPS) is 46.5. The minimum Gasteiger partial charge on any atom is -0.780 e. The number of halogens is 5. The van der Waals surface area contributed by atoms with E-state index >= 15 is 0 Å². The summed E-state index contributed by atoms with van der Waals surface area (Å²) >= 11 is 32.2. The van der Waals surface area contributed by atoms with E-state index in [1.807, 2.05) is 38.1 Å². The summed E-state index contributed by atoms with van der Waals surface area (Å²) in [6, 6.07) is 16.6. The van der Waals surface area contributed by atoms with Crippen LogP contribution in [-0.2, 0) is 65.5 Å². The number of alkyl halides is 2. The topological polar surface area (TPSA) is 155 Å². The molecule has 12 aliphatic carbocycles. The Morgan fingerprint density at radius 2 is 0.800 bits per heavy atom. The second-order valence-electron chi connectivity index (χ2n) is 24.7. The number of rotatable bonds is 8. The lowest BCUT2D eigenvalue weighted by atomic mass is 9.46. The van der Waals surface area contributed by atoms with Crippen LogP contribution >= 0.6 is 65.8 Å². The Bertz CT molecular complexity index is 2760. The van der Waals surface area contributed by atoms with E-state index in [-0.39, 0.29) is 38.0 Å². The Morgan fingerprint density at radius 1 is 0.467 bits per heavy atom. The van der Waals surface area contributed by atoms with Crippen molar-refractivity contribution in [3.8, 4) is 5.75 Å². The zero-order valence-corrected chi connectivity index (χ0v) is 47.4. The molecule has 0 N–H and O–H groups in total. The molecule has 3 spiro atoms. The first-order valence-corrected chi connectivity index (χ1v) is 30.2. The molecule has 3 aromatic rings. The van der Waals surface area contributed by atoms with Crippen LogP contribution in [0.1, 0.15) is 124 Å². The van der Waals surface area contributed by atoms with E-state index in [0.29, 0.717) is 35.2 Å². The fourth-order valence-electron chi connectivity index (χ4n) is 18.6. The second kappa shape index (κ2) is 18.1. The maximum Gasteiger partial charge on any atom is 0.260 e. The van der Waals surface area contributed by atoms with Gasteiger partial charge in [0.2, 0.25) is 0 Å². The van der Waals surface area contributed by atoms with Gasteiger partial charge in [-0.15, -0.1) is 23.2 Å². The summed E-state index contributed by atoms with van der Waals surface area (Å²) in [6.07, 6.45) is 16.5. The fourth-order valence-corrected chi connectivity index (χ4v) is 20.7. The number of hydrogen-bond acceptors (Lipinski definition) is 13. The Morgan fingerprint density at radius 3 is 1.11 bits per heavy atom. The van der Waals surface area contributed by atoms with Gasteiger partial charge in [0.1, 0.15) is 13.6 Å². The monoisotopic (exact) mass is 1150 g/mol. The van der Waals surface area contributed by atoms with E-state index in [1.54, 1.807) is 20.3 Å². The molecule has 18 rings (SSSR count). The highest BCUT2D eigenvalue weighted by atomic mass is 35.5. The Labute approximate surface area is 463 Å². The van der Waals surface area contributed by atoms with Crippen LogP contribution in [0.15, 0.2) is 54.6 Å². The van der Waals surface area contributed by atoms with Crippen LogP contribution in [0.25, 0.3) is 0 Å². The van der Waals surface area contributed by atoms with Crippen LogP contribution in [0, 0.1) is 73.0 Å². The van der Waals surface area contributed by atoms with E-state index in [1.165, 1.54) is 51.3 Å². The Hall–Kier alpha value is -1.30. The highest BCUT2D eigenvalue weighted by molar-refractivity contribution is 7.43. The van der Waals surface area contributed by atoms with Crippen molar-refractivity contribution in [1.82, 2.24) is 0 Å². The lowest BCUT2D eigenvalue weighted by Crippen LogP contribution is -2.78. The first kappa shape index (κ1) is 53.0. The maximum absolute atomic E-state index is 11.1. The van der Waals surface area contributed by atoms with Crippen molar-refractivity contribution in [1.29, 1.82) is 0 Å². The molecule has 75 heavy (non-hydrogen) atoms. The smallest absolute Gasteiger partial charge is 0.260 e. The molecule has 7 atom stereocenters. The standard InChI is InChI=1S/C19H22Cl2O3.C19H23ClO3.C18H21Cl2O7P/c1-11-5-13(3-4-16(11)20)19(22-2)18(23-24-19)14-6-12-7-15(18)10-17(21,8-12)9-14;1-11-5-14(3-4-17(11)20)19(21-2)18(22-23-19)15-7-12-6-13(9-15)10-16(18)8-12;1-24-18(11-2-3-14(19)15(6-11)25-28(21,22)23)17(26-27-18)12-4-10-5-13(17)9-16(20,7-10)8-12/h3-5,12,14-15H,6-10H2,1-2H3;3-5,12-13,15-16H,6-10H2,1-2H3;2-3,6,10,12-13H,4-5,7-9H2,1H3,(H2,21,22,23)/p-2. The molecule has 0 aromatic heterocycles. The summed E-state index contributed by atoms with van der Waals surface area (Å²) < 4.78 is 33.6. The minimum atomic E-state index is -5.27. The van der Waals surface area contributed by atoms with Crippen molar-refractivity contribution < 1.29 is 62.4 Å². The number of benzene rings is 3. The molecule has 3 heterocycles. The van der Waals surface area contributed by atoms with Gasteiger partial charge in [0.25, 0.3) is 17.4 Å². The van der Waals surface area contributed by atoms with Gasteiger partial charge in [0, 0.05) is 57.8 Å². The number of ether oxygens (including phenoxy) is 3. The van der Waals surface area contributed by atoms with Gasteiger partial charge in [0.05, 0.1) is 5.02 Å². The molecular formula is C56H64Cl5O13P-2. The van der Waals surface area contributed by atoms with E-state index in [9.17, 15) is 14.4 Å². The maximum atomic E-state index is 11.1. The third-order valence-electron chi connectivity index (χ3n) is 20.9. The average Bonchev–Trinajstić information content (AvgIpc) is 3.43. The summed E-state index contributed by atoms with van der Waals surface area (Å²) in [7, 11) is -0.283. The first-order valence-electron chi connectivity index (χ1n) is 26.8. The third-order valence-corrected chi connectivity index (χ3v) is 23.4. The summed E-state index contributed by atoms with van der Waals surface area (Å²) in [6.45, 7) is 4.03. The van der Waals surface area contributed by atoms with Gasteiger partial charge in [0.15, 0.2) is 16.8 Å². The van der Waals surface area contributed by atoms with E-state index in [0.717, 1.165) is 114 Å². The molecule has 13 nitrogen and oxygen atoms in total. The lowest BCUT2D eigenvalue weighted by Gasteiger charge is -2.70. The molecule has 0 radical (unpaired) electrons. The average molecular weight is 1150 g/mol. The highest BCUT2D eigenvalue weighted by Crippen LogP contribution is 2.74. The summed E-state index contributed by atoms with van der Waals surface area (Å²) in [4.78, 5) is 56.8. The van der Waals surface area contributed by atoms with Gasteiger partial charge in [-0.2, -0.15) is 14.7 Å². The predicted octanol–water partition coefficient (Wildman–Crippen LogP) is 12.4. The second-order valence-corrected chi connectivity index (χ2v) is 28.6. The molecule has 15 aliphatic rings. The van der Waals surface area contributed by atoms with Crippen LogP contribution in [0.2, 0.25) is 15.1 Å². The van der Waals surface area contributed by atoms with Gasteiger partial charge >= 0.3 is 0 Å². The molecule has 408 valence electrons. The molecule has 0 amide bonds. The minimum absolute atomic E-state index is 0.000939. The molecule has 12 saturated carbocycles. The Kier molecular flexibility index (Phi) is 12.8. The predicted molar refractivity (Wildman–Crippen MR) is 274 cm³/mol. The van der Waals surface area contributed by atoms with Gasteiger partial charge in [-0.25, -0.2) is 14.7 Å². The molecule has 3 aliphatic heterocycles. The molecule has 3 aromatic carbocycles. The van der Waals surface area contributed by atoms with Crippen LogP contribution in [-0.4, -0.2) is 47.9 Å². The van der Waals surface area contributed by atoms with Gasteiger partial charge in [-0.05, 0) is 217 Å². The van der Waals surface area contributed by atoms with Crippen molar-refractivity contribution in [3.05, 3.63) is 97.5 Å². The summed E-state index contributed by atoms with van der Waals surface area (Å²) in [5.74, 6) is 2.07. The first-order chi connectivity index (χ1) is 35.6. The lowest BCUT2D eigenvalue weighted by molar-refractivity contribution is -0.645. The Balaban J connectivity index is 0.000000109. The van der Waals surface area contributed by atoms with Crippen LogP contribution in [0.5, 0.6) is 5.75 Å². The van der Waals surface area contributed by atoms with Gasteiger partial charge in [-0.1, -0.05) is 53.0 Å². The van der Waals surface area contributed by atoms with Crippen LogP contribution < -0.4 is 14.3 Å². The number of aryl methyl sites for hydroxylation is 2. The quantitative estimate of drug-likeness (QED) is 0.119. The number of phosphoric ester groups is 1. The molecule has 3 saturated heterocycles. The SMILES string of the molecule is COC1(c2ccc(Cl)c(C)c2)OOC12C1CC3CC(C1)CC2C3.COC1(c2ccc(Cl)c(C)c2)OOC12C1CC3CC2CC(Cl)(C3)C1.COC1(c2ccc(Cl)c(OP(=O)([O-])[O-])c2)OOC12C1CC3CC2CC(Cl)(C3)C1. The van der Waals surface area contributed by atoms with Gasteiger partial charge in [-0.3, -0.25) is 0 Å². The number of methoxy groups -OCH3 is 3. The van der Waals surface area contributed by atoms with Gasteiger partial charge < -0.3 is 33.1 Å². The van der Waals surface area contributed by atoms with E-state index in [2.05, 4.69) is 16.7 Å². The van der Waals surface area contributed by atoms with Crippen molar-refractivity contribution in [3.63, 3.8) is 0 Å². The molecular weight excluding hydrogens is 1090 g/mol. The van der Waals surface area contributed by atoms with Crippen LogP contribution in [0.4, 0.5) is 0 Å².